The van der Waals surface area contributed by atoms with Crippen LogP contribution in [-0.4, -0.2) is 16.4 Å². The van der Waals surface area contributed by atoms with Crippen LogP contribution in [0.3, 0.4) is 0 Å². The van der Waals surface area contributed by atoms with Crippen molar-refractivity contribution in [3.8, 4) is 6.07 Å². The zero-order chi connectivity index (χ0) is 17.4. The molecule has 0 N–H and O–H groups in total. The zero-order valence-electron chi connectivity index (χ0n) is 13.0. The van der Waals surface area contributed by atoms with Gasteiger partial charge >= 0.3 is 0 Å². The summed E-state index contributed by atoms with van der Waals surface area (Å²) >= 11 is 5.89. The minimum absolute atomic E-state index is 0.0302. The summed E-state index contributed by atoms with van der Waals surface area (Å²) in [6.07, 6.45) is 1.83. The highest BCUT2D eigenvalue weighted by molar-refractivity contribution is 6.32. The van der Waals surface area contributed by atoms with Gasteiger partial charge in [0.25, 0.3) is 5.69 Å². The van der Waals surface area contributed by atoms with E-state index in [-0.39, 0.29) is 16.5 Å². The second-order valence-electron chi connectivity index (χ2n) is 5.94. The summed E-state index contributed by atoms with van der Waals surface area (Å²) in [6, 6.07) is 6.65. The van der Waals surface area contributed by atoms with E-state index >= 15 is 0 Å². The van der Waals surface area contributed by atoms with Crippen molar-refractivity contribution in [2.45, 2.75) is 32.1 Å². The number of halogens is 1. The van der Waals surface area contributed by atoms with Gasteiger partial charge in [-0.25, -0.2) is 0 Å². The van der Waals surface area contributed by atoms with E-state index in [1.807, 2.05) is 0 Å². The van der Waals surface area contributed by atoms with Crippen LogP contribution < -0.4 is 0 Å². The van der Waals surface area contributed by atoms with Crippen LogP contribution in [0.1, 0.15) is 37.7 Å². The van der Waals surface area contributed by atoms with Gasteiger partial charge in [-0.1, -0.05) is 17.7 Å². The molecule has 0 aromatic heterocycles. The average Bonchev–Trinajstić information content (AvgIpc) is 2.54. The lowest BCUT2D eigenvalue weighted by Gasteiger charge is -2.32. The van der Waals surface area contributed by atoms with Gasteiger partial charge in [-0.05, 0) is 31.4 Å². The van der Waals surface area contributed by atoms with Gasteiger partial charge in [0.1, 0.15) is 5.02 Å². The molecule has 0 spiro atoms. The zero-order valence-corrected chi connectivity index (χ0v) is 13.7. The third-order valence-electron chi connectivity index (χ3n) is 4.50. The van der Waals surface area contributed by atoms with Crippen molar-refractivity contribution < 1.29 is 9.72 Å². The number of allylic oxidation sites excluding steroid dienone is 2. The van der Waals surface area contributed by atoms with Gasteiger partial charge in [0.15, 0.2) is 5.78 Å². The Morgan fingerprint density at radius 1 is 1.42 bits per heavy atom. The molecule has 7 heteroatoms. The number of carbonyl (C=O) groups is 1. The smallest absolute Gasteiger partial charge is 0.288 e. The number of nitro groups is 1. The summed E-state index contributed by atoms with van der Waals surface area (Å²) in [5.74, 6) is -1.19. The first-order chi connectivity index (χ1) is 11.4. The molecule has 1 unspecified atom stereocenters. The third kappa shape index (κ3) is 2.61. The molecule has 1 heterocycles. The number of hydrogen-bond donors (Lipinski definition) is 0. The van der Waals surface area contributed by atoms with Crippen LogP contribution in [0.2, 0.25) is 5.02 Å². The Kier molecular flexibility index (Phi) is 4.20. The molecule has 1 aliphatic heterocycles. The molecule has 0 bridgehead atoms. The molecule has 0 saturated heterocycles. The molecule has 1 aliphatic carbocycles. The predicted molar refractivity (Wildman–Crippen MR) is 88.9 cm³/mol. The van der Waals surface area contributed by atoms with E-state index < -0.39 is 16.8 Å². The molecule has 0 saturated carbocycles. The van der Waals surface area contributed by atoms with Crippen LogP contribution in [0, 0.1) is 27.4 Å². The lowest BCUT2D eigenvalue weighted by atomic mass is 9.72. The summed E-state index contributed by atoms with van der Waals surface area (Å²) in [4.78, 5) is 27.5. The Balaban J connectivity index is 2.20. The fourth-order valence-corrected chi connectivity index (χ4v) is 3.58. The van der Waals surface area contributed by atoms with Crippen LogP contribution in [0.4, 0.5) is 5.69 Å². The summed E-state index contributed by atoms with van der Waals surface area (Å²) < 4.78 is 0. The van der Waals surface area contributed by atoms with Crippen LogP contribution in [0.15, 0.2) is 34.5 Å². The van der Waals surface area contributed by atoms with Gasteiger partial charge in [0.05, 0.1) is 16.9 Å². The highest BCUT2D eigenvalue weighted by atomic mass is 35.5. The maximum Gasteiger partial charge on any atom is 0.288 e. The number of ketones is 1. The Hall–Kier alpha value is -2.52. The van der Waals surface area contributed by atoms with E-state index in [1.54, 1.807) is 13.0 Å². The highest BCUT2D eigenvalue weighted by Gasteiger charge is 2.39. The number of rotatable bonds is 2. The highest BCUT2D eigenvalue weighted by Crippen LogP contribution is 2.44. The summed E-state index contributed by atoms with van der Waals surface area (Å²) in [7, 11) is 0. The number of nitro benzene ring substituents is 1. The number of carbonyl (C=O) groups excluding carboxylic acids is 1. The molecule has 0 fully saturated rings. The molecular weight excluding hydrogens is 330 g/mol. The van der Waals surface area contributed by atoms with E-state index in [9.17, 15) is 20.2 Å². The van der Waals surface area contributed by atoms with Crippen LogP contribution >= 0.6 is 11.6 Å². The topological polar surface area (TPSA) is 96.4 Å². The number of hydrogen-bond acceptors (Lipinski definition) is 5. The van der Waals surface area contributed by atoms with Gasteiger partial charge in [0.2, 0.25) is 0 Å². The first kappa shape index (κ1) is 16.3. The fourth-order valence-electron chi connectivity index (χ4n) is 3.40. The van der Waals surface area contributed by atoms with Gasteiger partial charge in [-0.15, -0.1) is 0 Å². The van der Waals surface area contributed by atoms with Crippen LogP contribution in [0.25, 0.3) is 0 Å². The third-order valence-corrected chi connectivity index (χ3v) is 4.82. The largest absolute Gasteiger partial charge is 0.294 e. The maximum absolute atomic E-state index is 12.5. The van der Waals surface area contributed by atoms with E-state index in [4.69, 9.17) is 11.6 Å². The van der Waals surface area contributed by atoms with E-state index in [1.165, 1.54) is 12.1 Å². The first-order valence-corrected chi connectivity index (χ1v) is 7.96. The fraction of sp³-hybridized carbons (Fsp3) is 0.353. The van der Waals surface area contributed by atoms with Crippen molar-refractivity contribution in [2.75, 3.05) is 0 Å². The van der Waals surface area contributed by atoms with Gasteiger partial charge < -0.3 is 0 Å². The van der Waals surface area contributed by atoms with Gasteiger partial charge in [-0.2, -0.15) is 5.26 Å². The van der Waals surface area contributed by atoms with Crippen molar-refractivity contribution in [2.24, 2.45) is 10.9 Å². The lowest BCUT2D eigenvalue weighted by molar-refractivity contribution is -0.384. The summed E-state index contributed by atoms with van der Waals surface area (Å²) in [5.41, 5.74) is 2.19. The number of nitriles is 1. The normalized spacial score (nSPS) is 23.4. The molecule has 3 rings (SSSR count). The molecule has 1 aromatic carbocycles. The standard InChI is InChI=1S/C17H14ClN3O3/c1-9-11(8-19)16(17-13(20-9)3-2-4-15(17)22)10-5-6-12(18)14(7-10)21(23)24/h5-7,11,16H,2-4H2,1H3/t11?,16-/m1/s1. The quantitative estimate of drug-likeness (QED) is 0.599. The monoisotopic (exact) mass is 343 g/mol. The van der Waals surface area contributed by atoms with Crippen molar-refractivity contribution in [1.82, 2.24) is 0 Å². The van der Waals surface area contributed by atoms with Crippen molar-refractivity contribution >= 4 is 28.8 Å². The minimum Gasteiger partial charge on any atom is -0.294 e. The molecule has 24 heavy (non-hydrogen) atoms. The first-order valence-electron chi connectivity index (χ1n) is 7.59. The van der Waals surface area contributed by atoms with E-state index in [0.29, 0.717) is 35.4 Å². The second-order valence-corrected chi connectivity index (χ2v) is 6.35. The van der Waals surface area contributed by atoms with E-state index in [0.717, 1.165) is 6.42 Å². The number of nitrogens with zero attached hydrogens (tertiary/aromatic N) is 3. The number of aliphatic imine (C=N–C) groups is 1. The lowest BCUT2D eigenvalue weighted by Crippen LogP contribution is -2.30. The SMILES string of the molecule is CC1=NC2=C(C(=O)CCC2)[C@H](c2ccc(Cl)c([N+](=O)[O-])c2)C1C#N. The van der Waals surface area contributed by atoms with Gasteiger partial charge in [-0.3, -0.25) is 19.9 Å². The molecule has 6 nitrogen and oxygen atoms in total. The average molecular weight is 344 g/mol. The van der Waals surface area contributed by atoms with Crippen molar-refractivity contribution in [3.05, 3.63) is 50.2 Å². The molecule has 2 atom stereocenters. The van der Waals surface area contributed by atoms with Crippen LogP contribution in [-0.2, 0) is 4.79 Å². The van der Waals surface area contributed by atoms with Crippen molar-refractivity contribution in [1.29, 1.82) is 5.26 Å². The van der Waals surface area contributed by atoms with Gasteiger partial charge in [0, 0.05) is 35.4 Å². The summed E-state index contributed by atoms with van der Waals surface area (Å²) in [6.45, 7) is 1.76. The number of benzene rings is 1. The molecule has 2 aliphatic rings. The Labute approximate surface area is 143 Å². The molecule has 1 aromatic rings. The predicted octanol–water partition coefficient (Wildman–Crippen LogP) is 3.95. The summed E-state index contributed by atoms with van der Waals surface area (Å²) in [5, 5.41) is 20.8. The van der Waals surface area contributed by atoms with E-state index in [2.05, 4.69) is 11.1 Å². The minimum atomic E-state index is -0.619. The maximum atomic E-state index is 12.5. The Morgan fingerprint density at radius 2 is 2.17 bits per heavy atom. The molecule has 0 radical (unpaired) electrons. The van der Waals surface area contributed by atoms with Crippen molar-refractivity contribution in [3.63, 3.8) is 0 Å². The number of Topliss-reactive ketones (excluding diaryl/α,β-unsaturated/α-hetero) is 1. The molecular formula is C17H14ClN3O3. The van der Waals surface area contributed by atoms with Crippen LogP contribution in [0.5, 0.6) is 0 Å². The molecule has 122 valence electrons. The Bertz CT molecular complexity index is 851. The molecule has 0 amide bonds. The Morgan fingerprint density at radius 3 is 2.83 bits per heavy atom. The second kappa shape index (κ2) is 6.17.